The molecule has 0 bridgehead atoms. The number of nitrogens with zero attached hydrogens (tertiary/aromatic N) is 2. The minimum atomic E-state index is -0.266. The summed E-state index contributed by atoms with van der Waals surface area (Å²) in [5.41, 5.74) is 0.886. The number of rotatable bonds is 2. The van der Waals surface area contributed by atoms with Crippen molar-refractivity contribution in [2.45, 2.75) is 6.17 Å². The first-order valence-electron chi connectivity index (χ1n) is 6.19. The summed E-state index contributed by atoms with van der Waals surface area (Å²) in [6.45, 7) is 3.53. The third-order valence-corrected chi connectivity index (χ3v) is 3.35. The number of para-hydroxylation sites is 1. The average molecular weight is 248 g/mol. The number of cyclic esters (lactones) is 1. The van der Waals surface area contributed by atoms with Crippen LogP contribution in [0.15, 0.2) is 30.3 Å². The second-order valence-corrected chi connectivity index (χ2v) is 4.41. The molecule has 1 aromatic carbocycles. The molecule has 5 heteroatoms. The molecule has 0 saturated carbocycles. The van der Waals surface area contributed by atoms with Gasteiger partial charge in [0.25, 0.3) is 0 Å². The molecule has 0 aliphatic carbocycles. The number of anilines is 1. The minimum absolute atomic E-state index is 0.0104. The highest BCUT2D eigenvalue weighted by atomic mass is 16.6. The Morgan fingerprint density at radius 1 is 1.11 bits per heavy atom. The molecule has 1 amide bonds. The predicted octanol–water partition coefficient (Wildman–Crippen LogP) is 1.30. The van der Waals surface area contributed by atoms with Crippen molar-refractivity contribution in [3.05, 3.63) is 30.3 Å². The Hall–Kier alpha value is -1.59. The Morgan fingerprint density at radius 3 is 2.56 bits per heavy atom. The molecule has 18 heavy (non-hydrogen) atoms. The number of amides is 1. The first kappa shape index (κ1) is 11.5. The van der Waals surface area contributed by atoms with Crippen LogP contribution in [-0.4, -0.2) is 50.1 Å². The molecular weight excluding hydrogens is 232 g/mol. The smallest absolute Gasteiger partial charge is 0.415 e. The van der Waals surface area contributed by atoms with Crippen molar-refractivity contribution in [1.82, 2.24) is 4.90 Å². The van der Waals surface area contributed by atoms with E-state index >= 15 is 0 Å². The lowest BCUT2D eigenvalue weighted by atomic mass is 10.2. The Balaban J connectivity index is 1.83. The molecule has 2 fully saturated rings. The second kappa shape index (κ2) is 4.96. The van der Waals surface area contributed by atoms with E-state index in [0.717, 1.165) is 18.8 Å². The zero-order chi connectivity index (χ0) is 12.4. The SMILES string of the molecule is O=C1OCC(N2CCOCC2)N1c1ccccc1. The Bertz CT molecular complexity index is 418. The van der Waals surface area contributed by atoms with Crippen molar-refractivity contribution >= 4 is 11.8 Å². The van der Waals surface area contributed by atoms with Gasteiger partial charge in [-0.1, -0.05) is 18.2 Å². The molecule has 2 aliphatic rings. The van der Waals surface area contributed by atoms with Crippen molar-refractivity contribution in [3.63, 3.8) is 0 Å². The normalized spacial score (nSPS) is 25.2. The van der Waals surface area contributed by atoms with E-state index in [1.54, 1.807) is 4.90 Å². The number of carbonyl (C=O) groups is 1. The standard InChI is InChI=1S/C13H16N2O3/c16-13-15(11-4-2-1-3-5-11)12(10-18-13)14-6-8-17-9-7-14/h1-5,12H,6-10H2. The quantitative estimate of drug-likeness (QED) is 0.791. The van der Waals surface area contributed by atoms with E-state index < -0.39 is 0 Å². The van der Waals surface area contributed by atoms with E-state index in [1.807, 2.05) is 30.3 Å². The largest absolute Gasteiger partial charge is 0.445 e. The van der Waals surface area contributed by atoms with Gasteiger partial charge in [0.15, 0.2) is 0 Å². The van der Waals surface area contributed by atoms with Gasteiger partial charge in [0.05, 0.1) is 13.2 Å². The third-order valence-electron chi connectivity index (χ3n) is 3.35. The summed E-state index contributed by atoms with van der Waals surface area (Å²) in [5, 5.41) is 0. The monoisotopic (exact) mass is 248 g/mol. The lowest BCUT2D eigenvalue weighted by Crippen LogP contribution is -2.51. The molecule has 0 radical (unpaired) electrons. The molecular formula is C13H16N2O3. The summed E-state index contributed by atoms with van der Waals surface area (Å²) in [4.78, 5) is 15.8. The van der Waals surface area contributed by atoms with Gasteiger partial charge in [-0.25, -0.2) is 4.79 Å². The van der Waals surface area contributed by atoms with Crippen LogP contribution in [-0.2, 0) is 9.47 Å². The maximum absolute atomic E-state index is 11.9. The van der Waals surface area contributed by atoms with Crippen LogP contribution in [0.3, 0.4) is 0 Å². The number of ether oxygens (including phenoxy) is 2. The van der Waals surface area contributed by atoms with Crippen LogP contribution >= 0.6 is 0 Å². The van der Waals surface area contributed by atoms with Gasteiger partial charge in [-0.2, -0.15) is 0 Å². The number of carbonyl (C=O) groups excluding carboxylic acids is 1. The lowest BCUT2D eigenvalue weighted by molar-refractivity contribution is 0.0150. The number of hydrogen-bond acceptors (Lipinski definition) is 4. The molecule has 0 N–H and O–H groups in total. The highest BCUT2D eigenvalue weighted by Crippen LogP contribution is 2.25. The summed E-state index contributed by atoms with van der Waals surface area (Å²) in [5.74, 6) is 0. The molecule has 2 heterocycles. The van der Waals surface area contributed by atoms with Gasteiger partial charge in [0, 0.05) is 18.8 Å². The van der Waals surface area contributed by atoms with Crippen molar-refractivity contribution in [2.24, 2.45) is 0 Å². The van der Waals surface area contributed by atoms with Crippen LogP contribution in [0.5, 0.6) is 0 Å². The first-order valence-corrected chi connectivity index (χ1v) is 6.19. The Kier molecular flexibility index (Phi) is 3.17. The van der Waals surface area contributed by atoms with Gasteiger partial charge in [-0.3, -0.25) is 9.80 Å². The Labute approximate surface area is 106 Å². The molecule has 1 unspecified atom stereocenters. The fourth-order valence-corrected chi connectivity index (χ4v) is 2.42. The van der Waals surface area contributed by atoms with Gasteiger partial charge in [0.1, 0.15) is 12.8 Å². The summed E-state index contributed by atoms with van der Waals surface area (Å²) in [7, 11) is 0. The zero-order valence-corrected chi connectivity index (χ0v) is 10.1. The maximum Gasteiger partial charge on any atom is 0.415 e. The Morgan fingerprint density at radius 2 is 1.83 bits per heavy atom. The number of morpholine rings is 1. The van der Waals surface area contributed by atoms with Crippen molar-refractivity contribution in [1.29, 1.82) is 0 Å². The van der Waals surface area contributed by atoms with Crippen LogP contribution in [0, 0.1) is 0 Å². The molecule has 2 aliphatic heterocycles. The van der Waals surface area contributed by atoms with Gasteiger partial charge in [-0.05, 0) is 12.1 Å². The predicted molar refractivity (Wildman–Crippen MR) is 66.4 cm³/mol. The number of benzene rings is 1. The van der Waals surface area contributed by atoms with E-state index in [-0.39, 0.29) is 12.3 Å². The van der Waals surface area contributed by atoms with E-state index in [0.29, 0.717) is 19.8 Å². The van der Waals surface area contributed by atoms with Crippen LogP contribution < -0.4 is 4.90 Å². The number of hydrogen-bond donors (Lipinski definition) is 0. The fourth-order valence-electron chi connectivity index (χ4n) is 2.42. The highest BCUT2D eigenvalue weighted by Gasteiger charge is 2.38. The molecule has 5 nitrogen and oxygen atoms in total. The summed E-state index contributed by atoms with van der Waals surface area (Å²) in [6.07, 6.45) is -0.276. The third kappa shape index (κ3) is 2.07. The van der Waals surface area contributed by atoms with Crippen molar-refractivity contribution in [2.75, 3.05) is 37.8 Å². The van der Waals surface area contributed by atoms with Crippen molar-refractivity contribution in [3.8, 4) is 0 Å². The average Bonchev–Trinajstić information content (AvgIpc) is 2.83. The molecule has 1 aromatic rings. The summed E-state index contributed by atoms with van der Waals surface area (Å²) < 4.78 is 10.5. The minimum Gasteiger partial charge on any atom is -0.445 e. The molecule has 3 rings (SSSR count). The molecule has 2 saturated heterocycles. The molecule has 1 atom stereocenters. The fraction of sp³-hybridized carbons (Fsp3) is 0.462. The van der Waals surface area contributed by atoms with Crippen LogP contribution in [0.25, 0.3) is 0 Å². The lowest BCUT2D eigenvalue weighted by Gasteiger charge is -2.35. The van der Waals surface area contributed by atoms with Gasteiger partial charge in [-0.15, -0.1) is 0 Å². The van der Waals surface area contributed by atoms with E-state index in [1.165, 1.54) is 0 Å². The van der Waals surface area contributed by atoms with Crippen LogP contribution in [0.2, 0.25) is 0 Å². The van der Waals surface area contributed by atoms with Crippen LogP contribution in [0.1, 0.15) is 0 Å². The molecule has 96 valence electrons. The molecule has 0 spiro atoms. The topological polar surface area (TPSA) is 42.0 Å². The summed E-state index contributed by atoms with van der Waals surface area (Å²) in [6, 6.07) is 9.66. The van der Waals surface area contributed by atoms with Gasteiger partial charge >= 0.3 is 6.09 Å². The summed E-state index contributed by atoms with van der Waals surface area (Å²) >= 11 is 0. The van der Waals surface area contributed by atoms with Crippen LogP contribution in [0.4, 0.5) is 10.5 Å². The van der Waals surface area contributed by atoms with Gasteiger partial charge in [0.2, 0.25) is 0 Å². The zero-order valence-electron chi connectivity index (χ0n) is 10.1. The van der Waals surface area contributed by atoms with Gasteiger partial charge < -0.3 is 9.47 Å². The first-order chi connectivity index (χ1) is 8.86. The van der Waals surface area contributed by atoms with E-state index in [9.17, 15) is 4.79 Å². The van der Waals surface area contributed by atoms with E-state index in [4.69, 9.17) is 9.47 Å². The second-order valence-electron chi connectivity index (χ2n) is 4.41. The van der Waals surface area contributed by atoms with Crippen molar-refractivity contribution < 1.29 is 14.3 Å². The molecule has 0 aromatic heterocycles. The maximum atomic E-state index is 11.9. The highest BCUT2D eigenvalue weighted by molar-refractivity contribution is 5.90. The van der Waals surface area contributed by atoms with E-state index in [2.05, 4.69) is 4.90 Å².